The second-order valence-electron chi connectivity index (χ2n) is 6.05. The van der Waals surface area contributed by atoms with E-state index >= 15 is 0 Å². The molecule has 8 nitrogen and oxygen atoms in total. The van der Waals surface area contributed by atoms with E-state index in [0.717, 1.165) is 12.0 Å². The van der Waals surface area contributed by atoms with Crippen LogP contribution in [0.2, 0.25) is 0 Å². The van der Waals surface area contributed by atoms with Crippen molar-refractivity contribution in [1.29, 1.82) is 0 Å². The predicted octanol–water partition coefficient (Wildman–Crippen LogP) is 1.81. The van der Waals surface area contributed by atoms with Crippen LogP contribution in [0.3, 0.4) is 0 Å². The van der Waals surface area contributed by atoms with E-state index in [2.05, 4.69) is 15.1 Å². The van der Waals surface area contributed by atoms with Crippen LogP contribution in [-0.4, -0.2) is 49.3 Å². The first-order chi connectivity index (χ1) is 12.3. The van der Waals surface area contributed by atoms with Gasteiger partial charge in [0.1, 0.15) is 0 Å². The van der Waals surface area contributed by atoms with Gasteiger partial charge >= 0.3 is 6.03 Å². The summed E-state index contributed by atoms with van der Waals surface area (Å²) in [5.41, 5.74) is 1.60. The van der Waals surface area contributed by atoms with Crippen molar-refractivity contribution in [2.45, 2.75) is 24.7 Å². The number of anilines is 1. The molecule has 1 aromatic carbocycles. The maximum absolute atomic E-state index is 12.2. The lowest BCUT2D eigenvalue weighted by Gasteiger charge is -2.17. The molecule has 26 heavy (non-hydrogen) atoms. The third-order valence-corrected chi connectivity index (χ3v) is 5.28. The zero-order chi connectivity index (χ0) is 19.2. The lowest BCUT2D eigenvalue weighted by atomic mass is 10.2. The summed E-state index contributed by atoms with van der Waals surface area (Å²) in [6, 6.07) is 5.85. The fraction of sp³-hybridized carbons (Fsp3) is 0.412. The van der Waals surface area contributed by atoms with Gasteiger partial charge in [0.15, 0.2) is 0 Å². The topological polar surface area (TPSA) is 96.3 Å². The summed E-state index contributed by atoms with van der Waals surface area (Å²) in [6.45, 7) is 2.83. The Labute approximate surface area is 154 Å². The molecule has 0 aliphatic heterocycles. The molecule has 2 N–H and O–H groups in total. The molecule has 0 aliphatic carbocycles. The van der Waals surface area contributed by atoms with Crippen molar-refractivity contribution in [2.75, 3.05) is 25.5 Å². The lowest BCUT2D eigenvalue weighted by Crippen LogP contribution is -2.33. The minimum atomic E-state index is -3.50. The number of hydrogen-bond donors (Lipinski definition) is 2. The lowest BCUT2D eigenvalue weighted by molar-refractivity contribution is 0.223. The largest absolute Gasteiger partial charge is 0.327 e. The van der Waals surface area contributed by atoms with Crippen molar-refractivity contribution in [1.82, 2.24) is 19.4 Å². The van der Waals surface area contributed by atoms with Gasteiger partial charge < -0.3 is 10.2 Å². The van der Waals surface area contributed by atoms with Gasteiger partial charge in [-0.05, 0) is 42.7 Å². The smallest absolute Gasteiger partial charge is 0.321 e. The van der Waals surface area contributed by atoms with Crippen LogP contribution in [-0.2, 0) is 23.5 Å². The Morgan fingerprint density at radius 1 is 1.27 bits per heavy atom. The number of sulfonamides is 1. The fourth-order valence-corrected chi connectivity index (χ4v) is 3.39. The number of rotatable bonds is 8. The van der Waals surface area contributed by atoms with Gasteiger partial charge in [-0.3, -0.25) is 4.68 Å². The van der Waals surface area contributed by atoms with Crippen molar-refractivity contribution in [3.8, 4) is 0 Å². The highest BCUT2D eigenvalue weighted by Gasteiger charge is 2.14. The molecule has 0 spiro atoms. The Morgan fingerprint density at radius 3 is 2.54 bits per heavy atom. The summed E-state index contributed by atoms with van der Waals surface area (Å²) in [5.74, 6) is 0. The first-order valence-corrected chi connectivity index (χ1v) is 9.89. The second kappa shape index (κ2) is 8.81. The Kier molecular flexibility index (Phi) is 6.76. The molecule has 2 amide bonds. The highest BCUT2D eigenvalue weighted by Crippen LogP contribution is 2.14. The van der Waals surface area contributed by atoms with Gasteiger partial charge in [-0.1, -0.05) is 6.92 Å². The van der Waals surface area contributed by atoms with E-state index in [4.69, 9.17) is 0 Å². The van der Waals surface area contributed by atoms with E-state index in [1.165, 1.54) is 12.1 Å². The summed E-state index contributed by atoms with van der Waals surface area (Å²) in [5, 5.41) is 6.85. The Hall–Kier alpha value is -2.39. The molecule has 142 valence electrons. The number of nitrogens with one attached hydrogen (secondary N) is 2. The summed E-state index contributed by atoms with van der Waals surface area (Å²) >= 11 is 0. The van der Waals surface area contributed by atoms with E-state index in [9.17, 15) is 13.2 Å². The molecule has 0 unspecified atom stereocenters. The van der Waals surface area contributed by atoms with E-state index in [1.54, 1.807) is 35.0 Å². The van der Waals surface area contributed by atoms with E-state index in [1.807, 2.05) is 20.2 Å². The number of carbonyl (C=O) groups is 1. The van der Waals surface area contributed by atoms with Crippen molar-refractivity contribution in [2.24, 2.45) is 7.05 Å². The third-order valence-electron chi connectivity index (χ3n) is 3.80. The molecule has 2 rings (SSSR count). The minimum Gasteiger partial charge on any atom is -0.327 e. The Balaban J connectivity index is 1.90. The Morgan fingerprint density at radius 2 is 1.96 bits per heavy atom. The molecule has 0 aliphatic rings. The first-order valence-electron chi connectivity index (χ1n) is 8.41. The molecule has 0 radical (unpaired) electrons. The van der Waals surface area contributed by atoms with Gasteiger partial charge in [0, 0.05) is 39.1 Å². The summed E-state index contributed by atoms with van der Waals surface area (Å²) in [6.07, 6.45) is 5.12. The quantitative estimate of drug-likeness (QED) is 0.731. The number of nitrogens with zero attached hydrogens (tertiary/aromatic N) is 3. The minimum absolute atomic E-state index is 0.175. The SMILES string of the molecule is CCCNS(=O)(=O)c1ccc(NC(=O)N(C)CCc2cnn(C)c2)cc1. The number of hydrogen-bond acceptors (Lipinski definition) is 4. The summed E-state index contributed by atoms with van der Waals surface area (Å²) in [7, 11) is 0.0540. The van der Waals surface area contributed by atoms with Gasteiger partial charge in [0.2, 0.25) is 10.0 Å². The monoisotopic (exact) mass is 379 g/mol. The molecule has 0 fully saturated rings. The van der Waals surface area contributed by atoms with E-state index < -0.39 is 10.0 Å². The van der Waals surface area contributed by atoms with Crippen LogP contribution in [0.1, 0.15) is 18.9 Å². The first kappa shape index (κ1) is 19.9. The zero-order valence-corrected chi connectivity index (χ0v) is 16.1. The van der Waals surface area contributed by atoms with Crippen LogP contribution in [0.5, 0.6) is 0 Å². The van der Waals surface area contributed by atoms with Gasteiger partial charge in [-0.2, -0.15) is 5.10 Å². The van der Waals surface area contributed by atoms with Crippen molar-refractivity contribution in [3.05, 3.63) is 42.2 Å². The second-order valence-corrected chi connectivity index (χ2v) is 7.81. The highest BCUT2D eigenvalue weighted by atomic mass is 32.2. The average molecular weight is 379 g/mol. The van der Waals surface area contributed by atoms with Gasteiger partial charge in [-0.15, -0.1) is 0 Å². The third kappa shape index (κ3) is 5.57. The number of likely N-dealkylation sites (N-methyl/N-ethyl adjacent to an activating group) is 1. The highest BCUT2D eigenvalue weighted by molar-refractivity contribution is 7.89. The fourth-order valence-electron chi connectivity index (χ4n) is 2.26. The number of carbonyl (C=O) groups excluding carboxylic acids is 1. The van der Waals surface area contributed by atoms with Crippen molar-refractivity contribution in [3.63, 3.8) is 0 Å². The number of aromatic nitrogens is 2. The van der Waals surface area contributed by atoms with Crippen LogP contribution < -0.4 is 10.0 Å². The maximum atomic E-state index is 12.2. The number of amides is 2. The number of urea groups is 1. The summed E-state index contributed by atoms with van der Waals surface area (Å²) in [4.78, 5) is 14.0. The predicted molar refractivity (Wildman–Crippen MR) is 100 cm³/mol. The molecule has 9 heteroatoms. The van der Waals surface area contributed by atoms with Crippen LogP contribution in [0.4, 0.5) is 10.5 Å². The molecule has 1 aromatic heterocycles. The number of aryl methyl sites for hydroxylation is 1. The van der Waals surface area contributed by atoms with Crippen molar-refractivity contribution < 1.29 is 13.2 Å². The van der Waals surface area contributed by atoms with E-state index in [-0.39, 0.29) is 10.9 Å². The zero-order valence-electron chi connectivity index (χ0n) is 15.3. The normalized spacial score (nSPS) is 11.3. The maximum Gasteiger partial charge on any atom is 0.321 e. The molecule has 1 heterocycles. The molecule has 2 aromatic rings. The van der Waals surface area contributed by atoms with Gasteiger partial charge in [-0.25, -0.2) is 17.9 Å². The van der Waals surface area contributed by atoms with Crippen LogP contribution in [0, 0.1) is 0 Å². The molecule has 0 saturated heterocycles. The molecule has 0 atom stereocenters. The Bertz CT molecular complexity index is 830. The standard InChI is InChI=1S/C17H25N5O3S/c1-4-10-19-26(24,25)16-7-5-15(6-8-16)20-17(23)21(2)11-9-14-12-18-22(3)13-14/h5-8,12-13,19H,4,9-11H2,1-3H3,(H,20,23). The molecular weight excluding hydrogens is 354 g/mol. The van der Waals surface area contributed by atoms with Crippen molar-refractivity contribution >= 4 is 21.7 Å². The number of benzene rings is 1. The molecular formula is C17H25N5O3S. The average Bonchev–Trinajstić information content (AvgIpc) is 3.03. The molecule has 0 saturated carbocycles. The summed E-state index contributed by atoms with van der Waals surface area (Å²) < 4.78 is 28.3. The molecule has 0 bridgehead atoms. The van der Waals surface area contributed by atoms with Crippen LogP contribution >= 0.6 is 0 Å². The van der Waals surface area contributed by atoms with Gasteiger partial charge in [0.25, 0.3) is 0 Å². The van der Waals surface area contributed by atoms with Gasteiger partial charge in [0.05, 0.1) is 11.1 Å². The van der Waals surface area contributed by atoms with E-state index in [0.29, 0.717) is 25.2 Å². The van der Waals surface area contributed by atoms with Crippen LogP contribution in [0.15, 0.2) is 41.6 Å². The van der Waals surface area contributed by atoms with Crippen LogP contribution in [0.25, 0.3) is 0 Å².